The number of pyridine rings is 1. The summed E-state index contributed by atoms with van der Waals surface area (Å²) in [5.74, 6) is -0.423. The molecule has 10 nitrogen and oxygen atoms in total. The van der Waals surface area contributed by atoms with E-state index in [1.165, 1.54) is 20.4 Å². The van der Waals surface area contributed by atoms with E-state index in [-0.39, 0.29) is 24.2 Å². The molecule has 0 aliphatic carbocycles. The van der Waals surface area contributed by atoms with Gasteiger partial charge in [0.15, 0.2) is 0 Å². The number of ether oxygens (including phenoxy) is 3. The second kappa shape index (κ2) is 10.4. The van der Waals surface area contributed by atoms with Crippen LogP contribution in [0.5, 0.6) is 5.75 Å². The zero-order valence-electron chi connectivity index (χ0n) is 17.7. The molecule has 1 aromatic carbocycles. The number of nitrogens with one attached hydrogen (secondary N) is 3. The van der Waals surface area contributed by atoms with E-state index in [4.69, 9.17) is 10.1 Å². The molecule has 2 amide bonds. The third-order valence-electron chi connectivity index (χ3n) is 4.99. The van der Waals surface area contributed by atoms with Crippen molar-refractivity contribution in [1.29, 1.82) is 5.41 Å². The van der Waals surface area contributed by atoms with Crippen molar-refractivity contribution >= 4 is 23.8 Å². The molecular formula is C22H24N4O6. The van der Waals surface area contributed by atoms with Crippen LogP contribution in [0.2, 0.25) is 0 Å². The number of aromatic nitrogens is 1. The highest BCUT2D eigenvalue weighted by Gasteiger charge is 2.34. The average molecular weight is 440 g/mol. The summed E-state index contributed by atoms with van der Waals surface area (Å²) in [5.41, 5.74) is 1.99. The Morgan fingerprint density at radius 2 is 1.91 bits per heavy atom. The third kappa shape index (κ3) is 5.81. The van der Waals surface area contributed by atoms with Gasteiger partial charge in [-0.05, 0) is 42.8 Å². The van der Waals surface area contributed by atoms with Crippen LogP contribution in [0, 0.1) is 11.3 Å². The van der Waals surface area contributed by atoms with Crippen molar-refractivity contribution in [2.24, 2.45) is 5.92 Å². The molecule has 1 fully saturated rings. The molecule has 1 aromatic heterocycles. The number of amidine groups is 1. The fraction of sp³-hybridized carbons (Fsp3) is 0.318. The monoisotopic (exact) mass is 440 g/mol. The number of hydrogen-bond donors (Lipinski definition) is 3. The highest BCUT2D eigenvalue weighted by Crippen LogP contribution is 2.23. The van der Waals surface area contributed by atoms with Crippen molar-refractivity contribution in [3.63, 3.8) is 0 Å². The molecule has 2 unspecified atom stereocenters. The number of alkyl carbamates (subject to hydrolysis) is 1. The highest BCUT2D eigenvalue weighted by molar-refractivity contribution is 6.04. The maximum Gasteiger partial charge on any atom is 0.412 e. The number of carbonyl (C=O) groups excluding carboxylic acids is 3. The van der Waals surface area contributed by atoms with E-state index in [2.05, 4.69) is 25.1 Å². The van der Waals surface area contributed by atoms with E-state index in [0.717, 1.165) is 5.56 Å². The first-order valence-corrected chi connectivity index (χ1v) is 9.90. The number of methoxy groups -OCH3 is 2. The predicted octanol–water partition coefficient (Wildman–Crippen LogP) is 1.88. The Balaban J connectivity index is 1.53. The van der Waals surface area contributed by atoms with Crippen LogP contribution in [0.15, 0.2) is 42.6 Å². The molecule has 10 heteroatoms. The lowest BCUT2D eigenvalue weighted by Crippen LogP contribution is -2.31. The maximum atomic E-state index is 12.0. The van der Waals surface area contributed by atoms with Crippen molar-refractivity contribution in [2.75, 3.05) is 20.8 Å². The Hall–Kier alpha value is -3.95. The Morgan fingerprint density at radius 1 is 1.16 bits per heavy atom. The second-order valence-electron chi connectivity index (χ2n) is 7.18. The molecule has 2 atom stereocenters. The van der Waals surface area contributed by atoms with Gasteiger partial charge in [0, 0.05) is 17.3 Å². The normalized spacial score (nSPS) is 17.2. The van der Waals surface area contributed by atoms with Gasteiger partial charge in [-0.25, -0.2) is 4.79 Å². The van der Waals surface area contributed by atoms with Crippen LogP contribution in [0.3, 0.4) is 0 Å². The number of benzene rings is 1. The van der Waals surface area contributed by atoms with Gasteiger partial charge in [-0.3, -0.25) is 25.3 Å². The van der Waals surface area contributed by atoms with Crippen LogP contribution in [-0.4, -0.2) is 55.7 Å². The second-order valence-corrected chi connectivity index (χ2v) is 7.18. The smallest absolute Gasteiger partial charge is 0.412 e. The Morgan fingerprint density at radius 3 is 2.53 bits per heavy atom. The van der Waals surface area contributed by atoms with Gasteiger partial charge in [-0.15, -0.1) is 0 Å². The first-order valence-electron chi connectivity index (χ1n) is 9.90. The lowest BCUT2D eigenvalue weighted by atomic mass is 10.0. The molecular weight excluding hydrogens is 416 g/mol. The molecule has 0 spiro atoms. The summed E-state index contributed by atoms with van der Waals surface area (Å²) < 4.78 is 14.9. The van der Waals surface area contributed by atoms with Crippen LogP contribution in [-0.2, 0) is 19.1 Å². The molecule has 0 saturated carbocycles. The lowest BCUT2D eigenvalue weighted by molar-refractivity contribution is -0.143. The summed E-state index contributed by atoms with van der Waals surface area (Å²) in [7, 11) is 2.53. The van der Waals surface area contributed by atoms with Gasteiger partial charge in [0.05, 0.1) is 38.3 Å². The van der Waals surface area contributed by atoms with Crippen LogP contribution >= 0.6 is 0 Å². The van der Waals surface area contributed by atoms with Crippen LogP contribution in [0.25, 0.3) is 11.3 Å². The minimum absolute atomic E-state index is 0.0670. The van der Waals surface area contributed by atoms with Gasteiger partial charge in [0.25, 0.3) is 0 Å². The molecule has 0 radical (unpaired) electrons. The first-order chi connectivity index (χ1) is 15.4. The molecule has 32 heavy (non-hydrogen) atoms. The van der Waals surface area contributed by atoms with E-state index < -0.39 is 18.0 Å². The van der Waals surface area contributed by atoms with Gasteiger partial charge in [0.2, 0.25) is 5.91 Å². The minimum atomic E-state index is -0.717. The van der Waals surface area contributed by atoms with E-state index in [9.17, 15) is 14.4 Å². The molecule has 0 bridgehead atoms. The van der Waals surface area contributed by atoms with Gasteiger partial charge in [-0.2, -0.15) is 0 Å². The van der Waals surface area contributed by atoms with Crippen LogP contribution in [0.1, 0.15) is 18.4 Å². The van der Waals surface area contributed by atoms with Crippen LogP contribution in [0.4, 0.5) is 4.79 Å². The van der Waals surface area contributed by atoms with E-state index in [1.54, 1.807) is 24.3 Å². The van der Waals surface area contributed by atoms with E-state index in [0.29, 0.717) is 30.0 Å². The number of carbonyl (C=O) groups is 3. The average Bonchev–Trinajstić information content (AvgIpc) is 3.16. The first kappa shape index (κ1) is 22.7. The Bertz CT molecular complexity index is 990. The molecule has 1 aliphatic rings. The molecule has 2 aromatic rings. The zero-order chi connectivity index (χ0) is 23.1. The molecule has 3 N–H and O–H groups in total. The fourth-order valence-electron chi connectivity index (χ4n) is 3.26. The molecule has 3 rings (SSSR count). The van der Waals surface area contributed by atoms with Gasteiger partial charge < -0.3 is 19.5 Å². The summed E-state index contributed by atoms with van der Waals surface area (Å²) in [6.45, 7) is 0.297. The summed E-state index contributed by atoms with van der Waals surface area (Å²) in [6.07, 6.45) is 1.36. The van der Waals surface area contributed by atoms with E-state index >= 15 is 0 Å². The van der Waals surface area contributed by atoms with Crippen molar-refractivity contribution in [2.45, 2.75) is 18.9 Å². The molecule has 168 valence electrons. The van der Waals surface area contributed by atoms with Crippen molar-refractivity contribution in [1.82, 2.24) is 15.6 Å². The van der Waals surface area contributed by atoms with Gasteiger partial charge in [-0.1, -0.05) is 0 Å². The minimum Gasteiger partial charge on any atom is -0.491 e. The molecule has 2 heterocycles. The zero-order valence-corrected chi connectivity index (χ0v) is 17.7. The topological polar surface area (TPSA) is 140 Å². The number of amides is 2. The largest absolute Gasteiger partial charge is 0.491 e. The van der Waals surface area contributed by atoms with Crippen LogP contribution < -0.4 is 15.4 Å². The summed E-state index contributed by atoms with van der Waals surface area (Å²) in [6, 6.07) is 10.6. The quantitative estimate of drug-likeness (QED) is 0.339. The number of rotatable bonds is 7. The Labute approximate surface area is 184 Å². The highest BCUT2D eigenvalue weighted by atomic mass is 16.5. The van der Waals surface area contributed by atoms with Crippen molar-refractivity contribution in [3.05, 3.63) is 48.2 Å². The van der Waals surface area contributed by atoms with Crippen molar-refractivity contribution < 1.29 is 28.6 Å². The molecule has 1 saturated heterocycles. The van der Waals surface area contributed by atoms with E-state index in [1.807, 2.05) is 12.1 Å². The third-order valence-corrected chi connectivity index (χ3v) is 4.99. The fourth-order valence-corrected chi connectivity index (χ4v) is 3.26. The standard InChI is InChI=1S/C22H24N4O6/c1-30-19(27)10-15-9-16(25-21(15)28)12-32-17-6-3-13(4-7-17)18-8-5-14(11-24-18)20(23)26-22(29)31-2/h3-8,11,15-16H,9-10,12H2,1-2H3,(H,25,28)(H2,23,26,29). The lowest BCUT2D eigenvalue weighted by Gasteiger charge is -2.12. The summed E-state index contributed by atoms with van der Waals surface area (Å²) in [4.78, 5) is 38.9. The van der Waals surface area contributed by atoms with Crippen molar-refractivity contribution in [3.8, 4) is 17.0 Å². The van der Waals surface area contributed by atoms with Gasteiger partial charge in [0.1, 0.15) is 18.2 Å². The number of hydrogen-bond acceptors (Lipinski definition) is 8. The Kier molecular flexibility index (Phi) is 7.37. The predicted molar refractivity (Wildman–Crippen MR) is 114 cm³/mol. The summed E-state index contributed by atoms with van der Waals surface area (Å²) >= 11 is 0. The molecule has 1 aliphatic heterocycles. The number of nitrogens with zero attached hydrogens (tertiary/aromatic N) is 1. The summed E-state index contributed by atoms with van der Waals surface area (Å²) in [5, 5.41) is 13.0. The number of esters is 1. The maximum absolute atomic E-state index is 12.0. The van der Waals surface area contributed by atoms with Gasteiger partial charge >= 0.3 is 12.1 Å². The SMILES string of the molecule is COC(=O)CC1CC(COc2ccc(-c3ccc(C(=N)NC(=O)OC)cn3)cc2)NC1=O.